The largest absolute Gasteiger partial charge is 0.370 e. The van der Waals surface area contributed by atoms with Gasteiger partial charge in [-0.25, -0.2) is 9.97 Å². The van der Waals surface area contributed by atoms with Gasteiger partial charge in [-0.3, -0.25) is 0 Å². The zero-order valence-electron chi connectivity index (χ0n) is 12.2. The molecule has 2 heterocycles. The van der Waals surface area contributed by atoms with Crippen LogP contribution in [-0.4, -0.2) is 48.1 Å². The minimum absolute atomic E-state index is 0.758. The first-order valence-electron chi connectivity index (χ1n) is 7.18. The van der Waals surface area contributed by atoms with Gasteiger partial charge in [0.2, 0.25) is 0 Å². The van der Waals surface area contributed by atoms with Gasteiger partial charge < -0.3 is 15.5 Å². The zero-order chi connectivity index (χ0) is 13.7. The highest BCUT2D eigenvalue weighted by Gasteiger charge is 2.17. The summed E-state index contributed by atoms with van der Waals surface area (Å²) in [5.41, 5.74) is 1.11. The molecule has 0 bridgehead atoms. The Morgan fingerprint density at radius 3 is 2.47 bits per heavy atom. The van der Waals surface area contributed by atoms with E-state index in [1.165, 1.54) is 25.9 Å². The van der Waals surface area contributed by atoms with Gasteiger partial charge in [0.05, 0.1) is 0 Å². The van der Waals surface area contributed by atoms with E-state index in [0.717, 1.165) is 36.2 Å². The van der Waals surface area contributed by atoms with E-state index in [1.54, 1.807) is 6.33 Å². The van der Waals surface area contributed by atoms with Crippen molar-refractivity contribution < 1.29 is 0 Å². The van der Waals surface area contributed by atoms with Gasteiger partial charge in [-0.15, -0.1) is 0 Å². The minimum Gasteiger partial charge on any atom is -0.370 e. The first kappa shape index (κ1) is 14.1. The lowest BCUT2D eigenvalue weighted by atomic mass is 9.97. The summed E-state index contributed by atoms with van der Waals surface area (Å²) in [7, 11) is 2.20. The lowest BCUT2D eigenvalue weighted by molar-refractivity contribution is 0.226. The molecule has 1 aromatic heterocycles. The molecule has 1 aliphatic heterocycles. The summed E-state index contributed by atoms with van der Waals surface area (Å²) in [6.07, 6.45) is 4.17. The Kier molecular flexibility index (Phi) is 4.96. The van der Waals surface area contributed by atoms with Crippen molar-refractivity contribution in [3.8, 4) is 0 Å². The second-order valence-corrected chi connectivity index (χ2v) is 5.35. The molecule has 2 rings (SSSR count). The molecule has 0 saturated carbocycles. The van der Waals surface area contributed by atoms with Crippen LogP contribution < -0.4 is 10.6 Å². The van der Waals surface area contributed by atoms with Crippen LogP contribution in [0, 0.1) is 12.8 Å². The molecule has 0 aromatic carbocycles. The predicted molar refractivity (Wildman–Crippen MR) is 79.6 cm³/mol. The molecule has 1 fully saturated rings. The van der Waals surface area contributed by atoms with Crippen molar-refractivity contribution in [2.45, 2.75) is 26.7 Å². The second-order valence-electron chi connectivity index (χ2n) is 5.35. The number of hydrogen-bond donors (Lipinski definition) is 2. The fraction of sp³-hybridized carbons (Fsp3) is 0.714. The smallest absolute Gasteiger partial charge is 0.134 e. The van der Waals surface area contributed by atoms with Crippen LogP contribution >= 0.6 is 0 Å². The first-order valence-corrected chi connectivity index (χ1v) is 7.18. The Morgan fingerprint density at radius 2 is 1.84 bits per heavy atom. The Labute approximate surface area is 115 Å². The summed E-state index contributed by atoms with van der Waals surface area (Å²) in [5.74, 6) is 2.65. The van der Waals surface area contributed by atoms with Crippen molar-refractivity contribution in [1.29, 1.82) is 0 Å². The molecule has 5 heteroatoms. The minimum atomic E-state index is 0.758. The highest BCUT2D eigenvalue weighted by atomic mass is 15.1. The fourth-order valence-electron chi connectivity index (χ4n) is 2.48. The molecule has 0 aliphatic carbocycles. The van der Waals surface area contributed by atoms with E-state index >= 15 is 0 Å². The third-order valence-electron chi connectivity index (χ3n) is 3.82. The van der Waals surface area contributed by atoms with Crippen LogP contribution in [0.3, 0.4) is 0 Å². The molecule has 5 nitrogen and oxygen atoms in total. The average molecular weight is 263 g/mol. The summed E-state index contributed by atoms with van der Waals surface area (Å²) in [6.45, 7) is 8.45. The normalized spacial score (nSPS) is 17.4. The summed E-state index contributed by atoms with van der Waals surface area (Å²) >= 11 is 0. The molecule has 1 aliphatic rings. The molecule has 0 unspecified atom stereocenters. The first-order chi connectivity index (χ1) is 9.20. The van der Waals surface area contributed by atoms with E-state index in [0.29, 0.717) is 0 Å². The molecule has 2 N–H and O–H groups in total. The van der Waals surface area contributed by atoms with Gasteiger partial charge in [0, 0.05) is 18.7 Å². The van der Waals surface area contributed by atoms with Gasteiger partial charge >= 0.3 is 0 Å². The van der Waals surface area contributed by atoms with Gasteiger partial charge in [-0.05, 0) is 52.7 Å². The molecule has 0 radical (unpaired) electrons. The van der Waals surface area contributed by atoms with Crippen LogP contribution in [0.25, 0.3) is 0 Å². The second kappa shape index (κ2) is 6.70. The van der Waals surface area contributed by atoms with Crippen molar-refractivity contribution in [2.75, 3.05) is 43.9 Å². The third kappa shape index (κ3) is 3.80. The number of nitrogens with zero attached hydrogens (tertiary/aromatic N) is 3. The zero-order valence-corrected chi connectivity index (χ0v) is 12.2. The van der Waals surface area contributed by atoms with Gasteiger partial charge in [0.15, 0.2) is 0 Å². The van der Waals surface area contributed by atoms with Crippen LogP contribution in [0.4, 0.5) is 11.6 Å². The van der Waals surface area contributed by atoms with Gasteiger partial charge in [0.25, 0.3) is 0 Å². The maximum Gasteiger partial charge on any atom is 0.134 e. The van der Waals surface area contributed by atoms with Crippen molar-refractivity contribution >= 4 is 11.6 Å². The lowest BCUT2D eigenvalue weighted by Gasteiger charge is -2.29. The van der Waals surface area contributed by atoms with Crippen LogP contribution in [0.15, 0.2) is 6.33 Å². The molecule has 1 aromatic rings. The monoisotopic (exact) mass is 263 g/mol. The Morgan fingerprint density at radius 1 is 1.21 bits per heavy atom. The van der Waals surface area contributed by atoms with Gasteiger partial charge in [-0.2, -0.15) is 0 Å². The van der Waals surface area contributed by atoms with Crippen LogP contribution in [-0.2, 0) is 0 Å². The standard InChI is InChI=1S/C14H25N5/c1-4-15-13-11(2)14(18-10-17-13)16-9-12-5-7-19(3)8-6-12/h10,12H,4-9H2,1-3H3,(H2,15,16,17,18). The van der Waals surface area contributed by atoms with Gasteiger partial charge in [-0.1, -0.05) is 0 Å². The number of nitrogens with one attached hydrogen (secondary N) is 2. The molecular weight excluding hydrogens is 238 g/mol. The van der Waals surface area contributed by atoms with E-state index in [1.807, 2.05) is 0 Å². The number of rotatable bonds is 5. The highest BCUT2D eigenvalue weighted by molar-refractivity contribution is 5.56. The maximum atomic E-state index is 4.35. The quantitative estimate of drug-likeness (QED) is 0.850. The number of piperidine rings is 1. The molecule has 19 heavy (non-hydrogen) atoms. The van der Waals surface area contributed by atoms with Gasteiger partial charge in [0.1, 0.15) is 18.0 Å². The van der Waals surface area contributed by atoms with E-state index in [4.69, 9.17) is 0 Å². The summed E-state index contributed by atoms with van der Waals surface area (Å²) in [5, 5.41) is 6.75. The number of anilines is 2. The fourth-order valence-corrected chi connectivity index (χ4v) is 2.48. The molecule has 0 amide bonds. The third-order valence-corrected chi connectivity index (χ3v) is 3.82. The van der Waals surface area contributed by atoms with Crippen LogP contribution in [0.5, 0.6) is 0 Å². The Bertz CT molecular complexity index is 399. The Hall–Kier alpha value is -1.36. The predicted octanol–water partition coefficient (Wildman–Crippen LogP) is 1.97. The summed E-state index contributed by atoms with van der Waals surface area (Å²) in [6, 6.07) is 0. The Balaban J connectivity index is 1.90. The average Bonchev–Trinajstić information content (AvgIpc) is 2.42. The van der Waals surface area contributed by atoms with Crippen molar-refractivity contribution in [1.82, 2.24) is 14.9 Å². The lowest BCUT2D eigenvalue weighted by Crippen LogP contribution is -2.33. The van der Waals surface area contributed by atoms with Crippen LogP contribution in [0.2, 0.25) is 0 Å². The molecule has 0 atom stereocenters. The molecule has 106 valence electrons. The molecule has 0 spiro atoms. The van der Waals surface area contributed by atoms with E-state index in [-0.39, 0.29) is 0 Å². The molecule has 1 saturated heterocycles. The van der Waals surface area contributed by atoms with E-state index in [9.17, 15) is 0 Å². The highest BCUT2D eigenvalue weighted by Crippen LogP contribution is 2.20. The van der Waals surface area contributed by atoms with Crippen LogP contribution in [0.1, 0.15) is 25.3 Å². The van der Waals surface area contributed by atoms with Crippen molar-refractivity contribution in [3.05, 3.63) is 11.9 Å². The number of aromatic nitrogens is 2. The maximum absolute atomic E-state index is 4.35. The number of likely N-dealkylation sites (tertiary alicyclic amines) is 1. The molecular formula is C14H25N5. The summed E-state index contributed by atoms with van der Waals surface area (Å²) in [4.78, 5) is 11.0. The number of hydrogen-bond acceptors (Lipinski definition) is 5. The van der Waals surface area contributed by atoms with Crippen molar-refractivity contribution in [3.63, 3.8) is 0 Å². The SMILES string of the molecule is CCNc1ncnc(NCC2CCN(C)CC2)c1C. The van der Waals surface area contributed by atoms with E-state index in [2.05, 4.69) is 46.4 Å². The summed E-state index contributed by atoms with van der Waals surface area (Å²) < 4.78 is 0. The van der Waals surface area contributed by atoms with Crippen molar-refractivity contribution in [2.24, 2.45) is 5.92 Å². The van der Waals surface area contributed by atoms with E-state index < -0.39 is 0 Å². The topological polar surface area (TPSA) is 53.1 Å².